The molecule has 188 valence electrons. The highest BCUT2D eigenvalue weighted by Gasteiger charge is 1.93. The number of halogens is 4. The normalized spacial score (nSPS) is 8.16. The van der Waals surface area contributed by atoms with Crippen LogP contribution >= 0.6 is 0 Å². The highest BCUT2D eigenvalue weighted by molar-refractivity contribution is 6.24. The Morgan fingerprint density at radius 1 is 0.562 bits per heavy atom. The van der Waals surface area contributed by atoms with Crippen LogP contribution < -0.4 is 28.8 Å². The van der Waals surface area contributed by atoms with Gasteiger partial charge in [-0.15, -0.1) is 0 Å². The van der Waals surface area contributed by atoms with E-state index in [-0.39, 0.29) is 18.8 Å². The second-order valence-corrected chi connectivity index (χ2v) is 6.02. The molecule has 0 radical (unpaired) electrons. The van der Waals surface area contributed by atoms with Gasteiger partial charge >= 0.3 is 0 Å². The van der Waals surface area contributed by atoms with Gasteiger partial charge in [-0.3, -0.25) is 26.1 Å². The SMILES string of the molecule is CC[n+]1ccn(C)c1.CC[n+]1ccn(C)c1.CC[n+]1ccn(C)c1.F.F.F.F.[O-]B([O-])[O-]. The number of hydrogen-bond donors (Lipinski definition) is 0. The van der Waals surface area contributed by atoms with E-state index in [4.69, 9.17) is 15.1 Å². The van der Waals surface area contributed by atoms with Gasteiger partial charge in [0.15, 0.2) is 0 Å². The second-order valence-electron chi connectivity index (χ2n) is 6.02. The molecular weight excluding hydrogens is 435 g/mol. The third kappa shape index (κ3) is 20.6. The van der Waals surface area contributed by atoms with E-state index in [1.807, 2.05) is 53.4 Å². The van der Waals surface area contributed by atoms with E-state index in [0.29, 0.717) is 0 Å². The minimum absolute atomic E-state index is 0. The molecule has 3 heterocycles. The van der Waals surface area contributed by atoms with Gasteiger partial charge in [0.1, 0.15) is 37.2 Å². The Hall–Kier alpha value is -2.71. The molecule has 3 rings (SSSR count). The average molecular weight is 472 g/mol. The predicted molar refractivity (Wildman–Crippen MR) is 110 cm³/mol. The van der Waals surface area contributed by atoms with Crippen molar-refractivity contribution in [1.29, 1.82) is 0 Å². The average Bonchev–Trinajstić information content (AvgIpc) is 3.36. The zero-order valence-electron chi connectivity index (χ0n) is 19.4. The van der Waals surface area contributed by atoms with Gasteiger partial charge in [-0.2, -0.15) is 0 Å². The summed E-state index contributed by atoms with van der Waals surface area (Å²) in [5, 5.41) is 25.2. The van der Waals surface area contributed by atoms with Crippen LogP contribution in [-0.2, 0) is 40.8 Å². The number of nitrogens with zero attached hydrogens (tertiary/aromatic N) is 6. The molecule has 14 heteroatoms. The second kappa shape index (κ2) is 23.0. The molecule has 0 saturated carbocycles. The minimum Gasteiger partial charge on any atom is -0.907 e. The summed E-state index contributed by atoms with van der Waals surface area (Å²) in [6.45, 7) is 9.54. The fraction of sp³-hybridized carbons (Fsp3) is 0.500. The quantitative estimate of drug-likeness (QED) is 0.243. The highest BCUT2D eigenvalue weighted by atomic mass is 19.0. The lowest BCUT2D eigenvalue weighted by molar-refractivity contribution is -0.693. The maximum absolute atomic E-state index is 8.42. The number of hydrogen-bond acceptors (Lipinski definition) is 3. The van der Waals surface area contributed by atoms with Crippen LogP contribution in [0, 0.1) is 0 Å². The molecule has 0 amide bonds. The Morgan fingerprint density at radius 3 is 0.812 bits per heavy atom. The van der Waals surface area contributed by atoms with Gasteiger partial charge in [0.05, 0.1) is 40.8 Å². The van der Waals surface area contributed by atoms with Crippen LogP contribution in [-0.4, -0.2) is 21.0 Å². The van der Waals surface area contributed by atoms with Crippen molar-refractivity contribution >= 4 is 7.32 Å². The Balaban J connectivity index is -0.0000000996. The topological polar surface area (TPSA) is 95.6 Å². The summed E-state index contributed by atoms with van der Waals surface area (Å²) in [5.41, 5.74) is 0. The van der Waals surface area contributed by atoms with Gasteiger partial charge in [0.25, 0.3) is 0 Å². The largest absolute Gasteiger partial charge is 0.907 e. The molecule has 0 aliphatic carbocycles. The van der Waals surface area contributed by atoms with Crippen molar-refractivity contribution in [3.8, 4) is 0 Å². The summed E-state index contributed by atoms with van der Waals surface area (Å²) in [7, 11) is 3.14. The van der Waals surface area contributed by atoms with E-state index in [0.717, 1.165) is 19.6 Å². The lowest BCUT2D eigenvalue weighted by Crippen LogP contribution is -2.56. The first-order valence-corrected chi connectivity index (χ1v) is 9.22. The first-order chi connectivity index (χ1) is 13.2. The standard InChI is InChI=1S/3C6H11N2.BO3.4FH/c3*1-3-8-5-4-7(2)6-8;2-1(3)4;;;;/h3*4-6H,3H2,1-2H3;;4*1H/q3*+1;-3;;;;. The summed E-state index contributed by atoms with van der Waals surface area (Å²) in [6, 6.07) is 0. The molecule has 3 aromatic rings. The van der Waals surface area contributed by atoms with Gasteiger partial charge in [-0.25, -0.2) is 27.4 Å². The molecule has 0 unspecified atom stereocenters. The van der Waals surface area contributed by atoms with Crippen molar-refractivity contribution in [1.82, 2.24) is 13.7 Å². The van der Waals surface area contributed by atoms with Crippen molar-refractivity contribution in [2.45, 2.75) is 40.4 Å². The molecule has 32 heavy (non-hydrogen) atoms. The lowest BCUT2D eigenvalue weighted by atomic mass is 10.3. The Bertz CT molecular complexity index is 673. The predicted octanol–water partition coefficient (Wildman–Crippen LogP) is -2.34. The van der Waals surface area contributed by atoms with Crippen LogP contribution in [0.3, 0.4) is 0 Å². The van der Waals surface area contributed by atoms with E-state index >= 15 is 0 Å². The third-order valence-corrected chi connectivity index (χ3v) is 3.57. The van der Waals surface area contributed by atoms with Crippen LogP contribution in [0.2, 0.25) is 0 Å². The molecule has 0 fully saturated rings. The molecule has 3 aromatic heterocycles. The molecule has 0 aromatic carbocycles. The molecule has 0 spiro atoms. The Morgan fingerprint density at radius 2 is 0.750 bits per heavy atom. The van der Waals surface area contributed by atoms with Crippen molar-refractivity contribution in [3.63, 3.8) is 0 Å². The van der Waals surface area contributed by atoms with Crippen LogP contribution in [0.5, 0.6) is 0 Å². The maximum Gasteiger partial charge on any atom is 0.243 e. The molecule has 0 aliphatic heterocycles. The molecule has 0 N–H and O–H groups in total. The van der Waals surface area contributed by atoms with Crippen molar-refractivity contribution in [3.05, 3.63) is 56.2 Å². The Labute approximate surface area is 187 Å². The van der Waals surface area contributed by atoms with Crippen LogP contribution in [0.15, 0.2) is 56.2 Å². The van der Waals surface area contributed by atoms with Crippen LogP contribution in [0.4, 0.5) is 18.8 Å². The van der Waals surface area contributed by atoms with Gasteiger partial charge in [-0.1, -0.05) is 0 Å². The Kier molecular flexibility index (Phi) is 28.5. The van der Waals surface area contributed by atoms with Crippen molar-refractivity contribution in [2.75, 3.05) is 0 Å². The van der Waals surface area contributed by atoms with Crippen LogP contribution in [0.1, 0.15) is 20.8 Å². The van der Waals surface area contributed by atoms with Crippen molar-refractivity contribution in [2.24, 2.45) is 21.1 Å². The number of imidazole rings is 3. The summed E-state index contributed by atoms with van der Waals surface area (Å²) in [4.78, 5) is 0. The zero-order valence-corrected chi connectivity index (χ0v) is 19.4. The van der Waals surface area contributed by atoms with Crippen molar-refractivity contribution < 1.29 is 47.6 Å². The molecule has 0 bridgehead atoms. The van der Waals surface area contributed by atoms with E-state index in [1.165, 1.54) is 0 Å². The maximum atomic E-state index is 8.42. The molecule has 9 nitrogen and oxygen atoms in total. The van der Waals surface area contributed by atoms with Crippen LogP contribution in [0.25, 0.3) is 0 Å². The van der Waals surface area contributed by atoms with Gasteiger partial charge < -0.3 is 15.1 Å². The molecule has 0 saturated heterocycles. The monoisotopic (exact) mass is 472 g/mol. The smallest absolute Gasteiger partial charge is 0.243 e. The van der Waals surface area contributed by atoms with E-state index in [9.17, 15) is 0 Å². The number of aromatic nitrogens is 6. The van der Waals surface area contributed by atoms with E-state index in [1.54, 1.807) is 0 Å². The minimum atomic E-state index is -2.92. The molecular formula is C18H37BF4N6O3. The van der Waals surface area contributed by atoms with E-state index in [2.05, 4.69) is 72.0 Å². The highest BCUT2D eigenvalue weighted by Crippen LogP contribution is 1.75. The first-order valence-electron chi connectivity index (χ1n) is 9.22. The fourth-order valence-electron chi connectivity index (χ4n) is 2.07. The third-order valence-electron chi connectivity index (χ3n) is 3.57. The van der Waals surface area contributed by atoms with Gasteiger partial charge in [-0.05, 0) is 20.8 Å². The summed E-state index contributed by atoms with van der Waals surface area (Å²) >= 11 is 0. The zero-order chi connectivity index (χ0) is 21.5. The summed E-state index contributed by atoms with van der Waals surface area (Å²) < 4.78 is 12.5. The van der Waals surface area contributed by atoms with Gasteiger partial charge in [0, 0.05) is 0 Å². The van der Waals surface area contributed by atoms with Gasteiger partial charge in [0.2, 0.25) is 19.0 Å². The molecule has 0 aliphatic rings. The first kappa shape index (κ1) is 39.7. The lowest BCUT2D eigenvalue weighted by Gasteiger charge is -2.35. The number of rotatable bonds is 3. The molecule has 0 atom stereocenters. The number of aryl methyl sites for hydroxylation is 6. The van der Waals surface area contributed by atoms with E-state index < -0.39 is 7.32 Å². The summed E-state index contributed by atoms with van der Waals surface area (Å²) in [6.07, 6.45) is 18.4. The summed E-state index contributed by atoms with van der Waals surface area (Å²) in [5.74, 6) is 0. The fourth-order valence-corrected chi connectivity index (χ4v) is 2.07.